The number of aryl methyl sites for hydroxylation is 2. The van der Waals surface area contributed by atoms with Gasteiger partial charge in [-0.3, -0.25) is 9.69 Å². The second-order valence-corrected chi connectivity index (χ2v) is 9.17. The van der Waals surface area contributed by atoms with Crippen molar-refractivity contribution in [2.75, 3.05) is 44.7 Å². The van der Waals surface area contributed by atoms with Crippen molar-refractivity contribution in [3.05, 3.63) is 58.7 Å². The normalized spacial score (nSPS) is 15.6. The highest BCUT2D eigenvalue weighted by atomic mass is 35.5. The summed E-state index contributed by atoms with van der Waals surface area (Å²) in [5, 5.41) is 1.56. The van der Waals surface area contributed by atoms with Gasteiger partial charge in [-0.25, -0.2) is 4.39 Å². The van der Waals surface area contributed by atoms with Gasteiger partial charge in [-0.15, -0.1) is 0 Å². The van der Waals surface area contributed by atoms with Crippen LogP contribution >= 0.6 is 11.6 Å². The number of nitrogens with two attached hydrogens (primary N) is 1. The smallest absolute Gasteiger partial charge is 0.265 e. The highest BCUT2D eigenvalue weighted by Gasteiger charge is 2.24. The maximum atomic E-state index is 15.0. The molecule has 1 saturated heterocycles. The van der Waals surface area contributed by atoms with Crippen LogP contribution in [0.1, 0.15) is 29.4 Å². The van der Waals surface area contributed by atoms with Gasteiger partial charge in [0.15, 0.2) is 5.75 Å². The van der Waals surface area contributed by atoms with Crippen molar-refractivity contribution < 1.29 is 13.9 Å². The second-order valence-electron chi connectivity index (χ2n) is 8.76. The van der Waals surface area contributed by atoms with Crippen molar-refractivity contribution in [3.63, 3.8) is 0 Å². The Hall–Kier alpha value is -2.77. The summed E-state index contributed by atoms with van der Waals surface area (Å²) in [6, 6.07) is 13.6. The van der Waals surface area contributed by atoms with Crippen LogP contribution in [0.4, 0.5) is 10.1 Å². The van der Waals surface area contributed by atoms with Crippen molar-refractivity contribution >= 4 is 34.1 Å². The number of nitrogens with zero attached hydrogens (tertiary/aromatic N) is 3. The molecule has 0 aliphatic carbocycles. The Balaban J connectivity index is 1.35. The third-order valence-corrected chi connectivity index (χ3v) is 6.88. The number of aromatic nitrogens is 1. The van der Waals surface area contributed by atoms with Gasteiger partial charge < -0.3 is 19.9 Å². The van der Waals surface area contributed by atoms with Gasteiger partial charge >= 0.3 is 0 Å². The van der Waals surface area contributed by atoms with Crippen LogP contribution in [0.3, 0.4) is 0 Å². The molecule has 2 aromatic carbocycles. The van der Waals surface area contributed by atoms with E-state index in [9.17, 15) is 9.18 Å². The predicted molar refractivity (Wildman–Crippen MR) is 136 cm³/mol. The van der Waals surface area contributed by atoms with Crippen LogP contribution < -0.4 is 15.4 Å². The molecule has 1 aliphatic heterocycles. The molecule has 4 rings (SSSR count). The van der Waals surface area contributed by atoms with Gasteiger partial charge in [-0.05, 0) is 42.7 Å². The Kier molecular flexibility index (Phi) is 7.63. The van der Waals surface area contributed by atoms with Gasteiger partial charge in [0.25, 0.3) is 5.91 Å². The second kappa shape index (κ2) is 10.7. The van der Waals surface area contributed by atoms with Gasteiger partial charge in [0.2, 0.25) is 0 Å². The molecule has 0 radical (unpaired) electrons. The summed E-state index contributed by atoms with van der Waals surface area (Å²) in [5.74, 6) is 0.199. The molecule has 0 bridgehead atoms. The summed E-state index contributed by atoms with van der Waals surface area (Å²) in [5.41, 5.74) is 9.05. The van der Waals surface area contributed by atoms with E-state index in [1.54, 1.807) is 13.2 Å². The van der Waals surface area contributed by atoms with Gasteiger partial charge in [0.05, 0.1) is 17.8 Å². The Morgan fingerprint density at radius 2 is 1.91 bits per heavy atom. The van der Waals surface area contributed by atoms with Gasteiger partial charge in [-0.2, -0.15) is 0 Å². The van der Waals surface area contributed by atoms with E-state index < -0.39 is 12.1 Å². The van der Waals surface area contributed by atoms with Crippen molar-refractivity contribution in [1.82, 2.24) is 9.47 Å². The van der Waals surface area contributed by atoms with E-state index in [1.165, 1.54) is 5.56 Å². The first-order valence-corrected chi connectivity index (χ1v) is 12.1. The summed E-state index contributed by atoms with van der Waals surface area (Å²) in [4.78, 5) is 16.3. The number of ether oxygens (including phenoxy) is 1. The lowest BCUT2D eigenvalue weighted by Crippen LogP contribution is -2.48. The number of hydrogen-bond donors (Lipinski definition) is 1. The number of alkyl halides is 1. The molecular weight excluding hydrogens is 455 g/mol. The zero-order valence-electron chi connectivity index (χ0n) is 19.8. The lowest BCUT2D eigenvalue weighted by molar-refractivity contribution is 0.0990. The number of benzene rings is 2. The quantitative estimate of drug-likeness (QED) is 0.483. The molecule has 8 heteroatoms. The fraction of sp³-hybridized carbons (Fsp3) is 0.423. The van der Waals surface area contributed by atoms with E-state index in [-0.39, 0.29) is 0 Å². The molecule has 3 aromatic rings. The lowest BCUT2D eigenvalue weighted by atomic mass is 10.1. The average molecular weight is 487 g/mol. The van der Waals surface area contributed by atoms with Crippen LogP contribution in [0, 0.1) is 0 Å². The molecule has 34 heavy (non-hydrogen) atoms. The molecule has 182 valence electrons. The van der Waals surface area contributed by atoms with Gasteiger partial charge in [0.1, 0.15) is 11.9 Å². The summed E-state index contributed by atoms with van der Waals surface area (Å²) >= 11 is 6.43. The van der Waals surface area contributed by atoms with Gasteiger partial charge in [0, 0.05) is 50.2 Å². The maximum Gasteiger partial charge on any atom is 0.265 e. The number of amides is 1. The van der Waals surface area contributed by atoms with E-state index >= 15 is 0 Å². The van der Waals surface area contributed by atoms with E-state index in [0.717, 1.165) is 49.2 Å². The molecule has 6 nitrogen and oxygen atoms in total. The van der Waals surface area contributed by atoms with Crippen LogP contribution in [-0.4, -0.2) is 61.4 Å². The Bertz CT molecular complexity index is 1160. The van der Waals surface area contributed by atoms with E-state index in [0.29, 0.717) is 36.0 Å². The molecular formula is C26H32ClFN4O2. The summed E-state index contributed by atoms with van der Waals surface area (Å²) in [6.45, 7) is 5.96. The fourth-order valence-electron chi connectivity index (χ4n) is 4.74. The first kappa shape index (κ1) is 24.4. The number of fused-ring (bicyclic) bond motifs is 1. The first-order valence-electron chi connectivity index (χ1n) is 11.8. The summed E-state index contributed by atoms with van der Waals surface area (Å²) in [7, 11) is 1.64. The highest BCUT2D eigenvalue weighted by Crippen LogP contribution is 2.37. The van der Waals surface area contributed by atoms with Crippen LogP contribution in [-0.2, 0) is 13.0 Å². The minimum absolute atomic E-state index is 0.321. The molecule has 1 aromatic heterocycles. The molecule has 0 saturated carbocycles. The third kappa shape index (κ3) is 5.15. The zero-order chi connectivity index (χ0) is 24.2. The summed E-state index contributed by atoms with van der Waals surface area (Å²) < 4.78 is 22.4. The number of rotatable bonds is 9. The predicted octanol–water partition coefficient (Wildman–Crippen LogP) is 4.52. The molecule has 1 fully saturated rings. The van der Waals surface area contributed by atoms with Crippen molar-refractivity contribution in [2.24, 2.45) is 5.73 Å². The topological polar surface area (TPSA) is 63.7 Å². The molecule has 1 atom stereocenters. The Morgan fingerprint density at radius 3 is 2.59 bits per heavy atom. The number of carbonyl (C=O) groups excluding carboxylic acids is 1. The van der Waals surface area contributed by atoms with E-state index in [2.05, 4.69) is 22.8 Å². The van der Waals surface area contributed by atoms with E-state index in [1.807, 2.05) is 34.9 Å². The molecule has 0 spiro atoms. The number of halogens is 2. The molecule has 1 amide bonds. The number of hydrogen-bond acceptors (Lipinski definition) is 4. The van der Waals surface area contributed by atoms with Crippen LogP contribution in [0.5, 0.6) is 5.75 Å². The maximum absolute atomic E-state index is 15.0. The largest absolute Gasteiger partial charge is 0.493 e. The average Bonchev–Trinajstić information content (AvgIpc) is 3.21. The van der Waals surface area contributed by atoms with Gasteiger partial charge in [-0.1, -0.05) is 36.7 Å². The molecule has 1 aliphatic rings. The number of anilines is 1. The SMILES string of the molecule is CCc1cc(Cl)c(OC)c(N2CCN(C[C@H](F)CCn3c(C(N)=O)cc4ccccc43)CC2)c1. The van der Waals surface area contributed by atoms with Crippen molar-refractivity contribution in [3.8, 4) is 5.75 Å². The molecule has 2 N–H and O–H groups in total. The zero-order valence-corrected chi connectivity index (χ0v) is 20.5. The third-order valence-electron chi connectivity index (χ3n) is 6.59. The van der Waals surface area contributed by atoms with E-state index in [4.69, 9.17) is 22.1 Å². The molecule has 0 unspecified atom stereocenters. The van der Waals surface area contributed by atoms with Crippen molar-refractivity contribution in [1.29, 1.82) is 0 Å². The number of piperazine rings is 1. The van der Waals surface area contributed by atoms with Crippen LogP contribution in [0.2, 0.25) is 5.02 Å². The van der Waals surface area contributed by atoms with Crippen molar-refractivity contribution in [2.45, 2.75) is 32.5 Å². The number of carbonyl (C=O) groups is 1. The fourth-order valence-corrected chi connectivity index (χ4v) is 5.06. The minimum Gasteiger partial charge on any atom is -0.493 e. The first-order chi connectivity index (χ1) is 16.4. The monoisotopic (exact) mass is 486 g/mol. The highest BCUT2D eigenvalue weighted by molar-refractivity contribution is 6.32. The lowest BCUT2D eigenvalue weighted by Gasteiger charge is -2.37. The molecule has 2 heterocycles. The number of primary amides is 1. The number of methoxy groups -OCH3 is 1. The Morgan fingerprint density at radius 1 is 1.18 bits per heavy atom. The van der Waals surface area contributed by atoms with Crippen LogP contribution in [0.15, 0.2) is 42.5 Å². The van der Waals surface area contributed by atoms with Crippen LogP contribution in [0.25, 0.3) is 10.9 Å². The number of para-hydroxylation sites is 1. The minimum atomic E-state index is -0.999. The summed E-state index contributed by atoms with van der Waals surface area (Å²) in [6.07, 6.45) is 0.219. The Labute approximate surface area is 205 Å². The standard InChI is InChI=1S/C26H32ClFN4O2/c1-3-18-14-21(27)25(34-2)23(15-18)31-12-10-30(11-13-31)17-20(28)8-9-32-22-7-5-4-6-19(22)16-24(32)26(29)33/h4-7,14-16,20H,3,8-13,17H2,1-2H3,(H2,29,33)/t20-/m1/s1.